The van der Waals surface area contributed by atoms with Crippen molar-refractivity contribution in [1.82, 2.24) is 24.3 Å². The van der Waals surface area contributed by atoms with Crippen LogP contribution in [0.15, 0.2) is 127 Å². The first-order valence-electron chi connectivity index (χ1n) is 12.9. The Labute approximate surface area is 224 Å². The average Bonchev–Trinajstić information content (AvgIpc) is 3.57. The second kappa shape index (κ2) is 8.57. The van der Waals surface area contributed by atoms with Crippen LogP contribution < -0.4 is 0 Å². The topological polar surface area (TPSA) is 56.0 Å². The molecule has 0 saturated carbocycles. The summed E-state index contributed by atoms with van der Waals surface area (Å²) in [6.07, 6.45) is 0. The molecule has 4 aromatic heterocycles. The normalized spacial score (nSPS) is 11.6. The molecule has 8 rings (SSSR count). The van der Waals surface area contributed by atoms with E-state index in [4.69, 9.17) is 19.9 Å². The largest absolute Gasteiger partial charge is 0.292 e. The second-order valence-corrected chi connectivity index (χ2v) is 9.54. The van der Waals surface area contributed by atoms with Gasteiger partial charge in [0.1, 0.15) is 5.65 Å². The molecule has 0 aliphatic rings. The Morgan fingerprint density at radius 3 is 1.67 bits per heavy atom. The van der Waals surface area contributed by atoms with Gasteiger partial charge in [0.05, 0.1) is 16.7 Å². The summed E-state index contributed by atoms with van der Waals surface area (Å²) in [6, 6.07) is 43.2. The van der Waals surface area contributed by atoms with Gasteiger partial charge in [0.15, 0.2) is 17.5 Å². The number of nitrogens with zero attached hydrogens (tertiary/aromatic N) is 5. The summed E-state index contributed by atoms with van der Waals surface area (Å²) >= 11 is 0. The lowest BCUT2D eigenvalue weighted by Gasteiger charge is -2.11. The summed E-state index contributed by atoms with van der Waals surface area (Å²) in [5.41, 5.74) is 7.90. The van der Waals surface area contributed by atoms with Crippen LogP contribution in [-0.2, 0) is 0 Å². The van der Waals surface area contributed by atoms with Crippen molar-refractivity contribution < 1.29 is 0 Å². The van der Waals surface area contributed by atoms with Crippen LogP contribution >= 0.6 is 0 Å². The van der Waals surface area contributed by atoms with Gasteiger partial charge in [0.25, 0.3) is 0 Å². The minimum absolute atomic E-state index is 0.620. The van der Waals surface area contributed by atoms with Gasteiger partial charge in [0, 0.05) is 33.0 Å². The van der Waals surface area contributed by atoms with E-state index >= 15 is 0 Å². The lowest BCUT2D eigenvalue weighted by Crippen LogP contribution is -2.01. The molecule has 0 bridgehead atoms. The number of aromatic nitrogens is 5. The molecule has 8 aromatic rings. The smallest absolute Gasteiger partial charge is 0.164 e. The maximum atomic E-state index is 5.13. The van der Waals surface area contributed by atoms with Crippen LogP contribution in [0.1, 0.15) is 0 Å². The highest BCUT2D eigenvalue weighted by Gasteiger charge is 2.22. The lowest BCUT2D eigenvalue weighted by atomic mass is 10.0. The fourth-order valence-corrected chi connectivity index (χ4v) is 5.47. The van der Waals surface area contributed by atoms with Crippen LogP contribution in [0.25, 0.3) is 72.9 Å². The predicted molar refractivity (Wildman–Crippen MR) is 157 cm³/mol. The van der Waals surface area contributed by atoms with Crippen molar-refractivity contribution in [3.05, 3.63) is 127 Å². The molecule has 0 saturated heterocycles. The van der Waals surface area contributed by atoms with E-state index in [1.54, 1.807) is 0 Å². The van der Waals surface area contributed by atoms with Crippen molar-refractivity contribution in [3.63, 3.8) is 0 Å². The van der Waals surface area contributed by atoms with Gasteiger partial charge in [-0.15, -0.1) is 0 Å². The molecule has 0 spiro atoms. The fourth-order valence-electron chi connectivity index (χ4n) is 5.47. The third-order valence-corrected chi connectivity index (χ3v) is 7.22. The Kier molecular flexibility index (Phi) is 4.76. The van der Waals surface area contributed by atoms with E-state index in [-0.39, 0.29) is 0 Å². The van der Waals surface area contributed by atoms with Crippen molar-refractivity contribution in [3.8, 4) is 45.4 Å². The van der Waals surface area contributed by atoms with Crippen molar-refractivity contribution in [2.45, 2.75) is 0 Å². The molecule has 0 atom stereocenters. The summed E-state index contributed by atoms with van der Waals surface area (Å²) in [7, 11) is 0. The Balaban J connectivity index is 1.41. The summed E-state index contributed by atoms with van der Waals surface area (Å²) in [6.45, 7) is 0. The van der Waals surface area contributed by atoms with Gasteiger partial charge in [0.2, 0.25) is 0 Å². The number of pyridine rings is 1. The van der Waals surface area contributed by atoms with E-state index in [9.17, 15) is 0 Å². The molecular weight excluding hydrogens is 478 g/mol. The Morgan fingerprint density at radius 1 is 0.410 bits per heavy atom. The van der Waals surface area contributed by atoms with Crippen LogP contribution in [0.5, 0.6) is 0 Å². The zero-order valence-corrected chi connectivity index (χ0v) is 20.9. The highest BCUT2D eigenvalue weighted by Crippen LogP contribution is 2.40. The molecular formula is C34H21N5. The Morgan fingerprint density at radius 2 is 0.974 bits per heavy atom. The number of fused-ring (bicyclic) bond motifs is 3. The number of imidazole rings is 1. The maximum Gasteiger partial charge on any atom is 0.164 e. The Hall–Kier alpha value is -5.42. The Bertz CT molecular complexity index is 2060. The minimum atomic E-state index is 0.620. The molecule has 182 valence electrons. The van der Waals surface area contributed by atoms with E-state index < -0.39 is 0 Å². The molecule has 0 radical (unpaired) electrons. The van der Waals surface area contributed by atoms with Crippen LogP contribution in [0, 0.1) is 0 Å². The number of benzene rings is 4. The molecule has 0 aliphatic heterocycles. The molecule has 0 amide bonds. The quantitative estimate of drug-likeness (QED) is 0.247. The SMILES string of the molecule is c1ccc(-c2nc(-c3ccccc3)nc(-c3ccccc3-c3nc4cccc5c6ccccc6c3n45)n2)cc1. The highest BCUT2D eigenvalue weighted by atomic mass is 15.0. The van der Waals surface area contributed by atoms with E-state index in [1.165, 1.54) is 10.8 Å². The van der Waals surface area contributed by atoms with E-state index in [0.717, 1.165) is 44.6 Å². The molecule has 4 heterocycles. The van der Waals surface area contributed by atoms with Gasteiger partial charge >= 0.3 is 0 Å². The highest BCUT2D eigenvalue weighted by molar-refractivity contribution is 6.14. The molecule has 39 heavy (non-hydrogen) atoms. The fraction of sp³-hybridized carbons (Fsp3) is 0. The minimum Gasteiger partial charge on any atom is -0.292 e. The van der Waals surface area contributed by atoms with Crippen LogP contribution in [0.4, 0.5) is 0 Å². The van der Waals surface area contributed by atoms with Crippen molar-refractivity contribution in [2.75, 3.05) is 0 Å². The van der Waals surface area contributed by atoms with Gasteiger partial charge in [-0.2, -0.15) is 0 Å². The van der Waals surface area contributed by atoms with Crippen molar-refractivity contribution in [2.24, 2.45) is 0 Å². The zero-order valence-electron chi connectivity index (χ0n) is 20.9. The van der Waals surface area contributed by atoms with Crippen LogP contribution in [0.3, 0.4) is 0 Å². The zero-order chi connectivity index (χ0) is 25.8. The van der Waals surface area contributed by atoms with Gasteiger partial charge in [-0.25, -0.2) is 19.9 Å². The summed E-state index contributed by atoms with van der Waals surface area (Å²) < 4.78 is 2.26. The summed E-state index contributed by atoms with van der Waals surface area (Å²) in [4.78, 5) is 20.0. The molecule has 5 heteroatoms. The van der Waals surface area contributed by atoms with Crippen LogP contribution in [-0.4, -0.2) is 24.3 Å². The molecule has 5 nitrogen and oxygen atoms in total. The predicted octanol–water partition coefficient (Wildman–Crippen LogP) is 7.93. The third-order valence-electron chi connectivity index (χ3n) is 7.22. The second-order valence-electron chi connectivity index (χ2n) is 9.54. The van der Waals surface area contributed by atoms with E-state index in [0.29, 0.717) is 17.5 Å². The monoisotopic (exact) mass is 499 g/mol. The van der Waals surface area contributed by atoms with Gasteiger partial charge in [-0.3, -0.25) is 4.40 Å². The third kappa shape index (κ3) is 3.41. The number of hydrogen-bond donors (Lipinski definition) is 0. The van der Waals surface area contributed by atoms with E-state index in [1.807, 2.05) is 66.7 Å². The number of rotatable bonds is 4. The van der Waals surface area contributed by atoms with Crippen molar-refractivity contribution in [1.29, 1.82) is 0 Å². The first kappa shape index (κ1) is 21.6. The van der Waals surface area contributed by atoms with Gasteiger partial charge in [-0.05, 0) is 12.1 Å². The molecule has 0 N–H and O–H groups in total. The first-order valence-corrected chi connectivity index (χ1v) is 12.9. The maximum absolute atomic E-state index is 5.13. The van der Waals surface area contributed by atoms with Crippen molar-refractivity contribution >= 4 is 27.5 Å². The van der Waals surface area contributed by atoms with Gasteiger partial charge in [-0.1, -0.05) is 115 Å². The summed E-state index contributed by atoms with van der Waals surface area (Å²) in [5.74, 6) is 1.90. The molecule has 0 unspecified atom stereocenters. The molecule has 0 aliphatic carbocycles. The summed E-state index contributed by atoms with van der Waals surface area (Å²) in [5, 5.41) is 2.40. The van der Waals surface area contributed by atoms with E-state index in [2.05, 4.69) is 65.1 Å². The molecule has 4 aromatic carbocycles. The number of hydrogen-bond acceptors (Lipinski definition) is 4. The average molecular weight is 500 g/mol. The van der Waals surface area contributed by atoms with Crippen LogP contribution in [0.2, 0.25) is 0 Å². The van der Waals surface area contributed by atoms with Gasteiger partial charge < -0.3 is 0 Å². The standard InChI is InChI=1S/C34H21N5/c1-3-12-22(13-4-1)32-36-33(23-14-5-2-6-15-23)38-34(37-32)27-19-10-8-17-25(27)30-31-26-18-9-7-16-24(26)28-20-11-21-29(35-30)39(28)31/h1-21H. The lowest BCUT2D eigenvalue weighted by molar-refractivity contribution is 1.07. The molecule has 0 fully saturated rings. The first-order chi connectivity index (χ1) is 19.3.